The van der Waals surface area contributed by atoms with Gasteiger partial charge in [0.1, 0.15) is 5.82 Å². The summed E-state index contributed by atoms with van der Waals surface area (Å²) in [4.78, 5) is 0. The zero-order valence-corrected chi connectivity index (χ0v) is 10.7. The van der Waals surface area contributed by atoms with Gasteiger partial charge in [0.15, 0.2) is 0 Å². The maximum Gasteiger partial charge on any atom is 0.128 e. The van der Waals surface area contributed by atoms with Crippen molar-refractivity contribution in [1.29, 1.82) is 5.26 Å². The van der Waals surface area contributed by atoms with Crippen molar-refractivity contribution in [2.24, 2.45) is 0 Å². The molecule has 1 aliphatic rings. The Morgan fingerprint density at radius 2 is 2.39 bits per heavy atom. The predicted octanol–water partition coefficient (Wildman–Crippen LogP) is 2.13. The first-order valence-corrected chi connectivity index (χ1v) is 7.33. The van der Waals surface area contributed by atoms with E-state index in [0.717, 1.165) is 19.4 Å². The van der Waals surface area contributed by atoms with Gasteiger partial charge >= 0.3 is 0 Å². The first-order chi connectivity index (χ1) is 8.69. The van der Waals surface area contributed by atoms with E-state index >= 15 is 0 Å². The average Bonchev–Trinajstić information content (AvgIpc) is 2.84. The summed E-state index contributed by atoms with van der Waals surface area (Å²) >= 11 is 0. The molecular weight excluding hydrogens is 253 g/mol. The minimum absolute atomic E-state index is 0.0484. The molecule has 1 aliphatic heterocycles. The third-order valence-electron chi connectivity index (χ3n) is 2.89. The van der Waals surface area contributed by atoms with Gasteiger partial charge in [-0.3, -0.25) is 4.21 Å². The molecule has 5 heteroatoms. The smallest absolute Gasteiger partial charge is 0.128 e. The highest BCUT2D eigenvalue weighted by Gasteiger charge is 2.19. The van der Waals surface area contributed by atoms with Crippen molar-refractivity contribution in [2.75, 3.05) is 12.4 Å². The van der Waals surface area contributed by atoms with E-state index in [-0.39, 0.29) is 17.4 Å². The number of ether oxygens (including phenoxy) is 1. The van der Waals surface area contributed by atoms with Crippen LogP contribution in [0.25, 0.3) is 0 Å². The highest BCUT2D eigenvalue weighted by molar-refractivity contribution is 7.84. The fourth-order valence-corrected chi connectivity index (χ4v) is 3.33. The number of hydrogen-bond acceptors (Lipinski definition) is 3. The molecule has 0 aliphatic carbocycles. The maximum absolute atomic E-state index is 13.6. The van der Waals surface area contributed by atoms with E-state index in [9.17, 15) is 8.60 Å². The van der Waals surface area contributed by atoms with Crippen LogP contribution in [0.1, 0.15) is 24.0 Å². The Bertz CT molecular complexity index is 492. The zero-order chi connectivity index (χ0) is 13.0. The van der Waals surface area contributed by atoms with E-state index in [2.05, 4.69) is 0 Å². The van der Waals surface area contributed by atoms with E-state index < -0.39 is 16.6 Å². The van der Waals surface area contributed by atoms with Crippen molar-refractivity contribution >= 4 is 10.8 Å². The normalized spacial score (nSPS) is 20.6. The van der Waals surface area contributed by atoms with Crippen LogP contribution in [0.2, 0.25) is 0 Å². The van der Waals surface area contributed by atoms with E-state index in [0.29, 0.717) is 11.3 Å². The van der Waals surface area contributed by atoms with E-state index in [1.807, 2.05) is 6.07 Å². The lowest BCUT2D eigenvalue weighted by molar-refractivity contribution is 0.128. The molecule has 0 radical (unpaired) electrons. The Balaban J connectivity index is 1.96. The Morgan fingerprint density at radius 1 is 1.56 bits per heavy atom. The van der Waals surface area contributed by atoms with Crippen LogP contribution in [0.15, 0.2) is 18.2 Å². The van der Waals surface area contributed by atoms with Gasteiger partial charge in [0.2, 0.25) is 0 Å². The van der Waals surface area contributed by atoms with Crippen molar-refractivity contribution < 1.29 is 13.3 Å². The lowest BCUT2D eigenvalue weighted by Gasteiger charge is -2.09. The molecule has 1 fully saturated rings. The standard InChI is InChI=1S/C13H14FNO2S/c14-13-6-10(7-15)3-4-11(13)8-18(16)9-12-2-1-5-17-12/h3-4,6,12H,1-2,5,8-9H2. The van der Waals surface area contributed by atoms with Gasteiger partial charge in [-0.1, -0.05) is 6.07 Å². The Morgan fingerprint density at radius 3 is 3.00 bits per heavy atom. The number of nitriles is 1. The third-order valence-corrected chi connectivity index (χ3v) is 4.27. The monoisotopic (exact) mass is 267 g/mol. The first-order valence-electron chi connectivity index (χ1n) is 5.84. The molecule has 1 saturated heterocycles. The van der Waals surface area contributed by atoms with E-state index in [4.69, 9.17) is 10.00 Å². The minimum Gasteiger partial charge on any atom is -0.377 e. The second-order valence-electron chi connectivity index (χ2n) is 4.30. The molecule has 1 heterocycles. The molecular formula is C13H14FNO2S. The largest absolute Gasteiger partial charge is 0.377 e. The van der Waals surface area contributed by atoms with Gasteiger partial charge < -0.3 is 4.74 Å². The van der Waals surface area contributed by atoms with Crippen molar-refractivity contribution in [3.05, 3.63) is 35.1 Å². The molecule has 0 amide bonds. The minimum atomic E-state index is -1.13. The van der Waals surface area contributed by atoms with Crippen LogP contribution >= 0.6 is 0 Å². The lowest BCUT2D eigenvalue weighted by atomic mass is 10.1. The van der Waals surface area contributed by atoms with Crippen LogP contribution < -0.4 is 0 Å². The molecule has 1 aromatic rings. The van der Waals surface area contributed by atoms with E-state index in [1.54, 1.807) is 6.07 Å². The van der Waals surface area contributed by atoms with Gasteiger partial charge in [-0.15, -0.1) is 0 Å². The van der Waals surface area contributed by atoms with Crippen molar-refractivity contribution in [1.82, 2.24) is 0 Å². The Labute approximate surface area is 108 Å². The lowest BCUT2D eigenvalue weighted by Crippen LogP contribution is -2.17. The van der Waals surface area contributed by atoms with Crippen LogP contribution in [0.4, 0.5) is 4.39 Å². The summed E-state index contributed by atoms with van der Waals surface area (Å²) < 4.78 is 30.9. The molecule has 0 bridgehead atoms. The van der Waals surface area contributed by atoms with Crippen molar-refractivity contribution in [2.45, 2.75) is 24.7 Å². The van der Waals surface area contributed by atoms with Gasteiger partial charge in [0.25, 0.3) is 0 Å². The predicted molar refractivity (Wildman–Crippen MR) is 66.8 cm³/mol. The highest BCUT2D eigenvalue weighted by Crippen LogP contribution is 2.16. The molecule has 0 spiro atoms. The van der Waals surface area contributed by atoms with E-state index in [1.165, 1.54) is 12.1 Å². The number of nitrogens with zero attached hydrogens (tertiary/aromatic N) is 1. The van der Waals surface area contributed by atoms with Crippen LogP contribution in [-0.4, -0.2) is 22.7 Å². The van der Waals surface area contributed by atoms with Crippen LogP contribution in [0.3, 0.4) is 0 Å². The van der Waals surface area contributed by atoms with Crippen molar-refractivity contribution in [3.63, 3.8) is 0 Å². The molecule has 3 nitrogen and oxygen atoms in total. The molecule has 2 atom stereocenters. The van der Waals surface area contributed by atoms with Crippen LogP contribution in [0.5, 0.6) is 0 Å². The Hall–Kier alpha value is -1.25. The molecule has 96 valence electrons. The molecule has 0 saturated carbocycles. The molecule has 0 N–H and O–H groups in total. The number of rotatable bonds is 4. The first kappa shape index (κ1) is 13.2. The number of benzene rings is 1. The zero-order valence-electron chi connectivity index (χ0n) is 9.89. The second-order valence-corrected chi connectivity index (χ2v) is 5.81. The van der Waals surface area contributed by atoms with Gasteiger partial charge in [-0.05, 0) is 25.0 Å². The van der Waals surface area contributed by atoms with Crippen LogP contribution in [-0.2, 0) is 21.3 Å². The van der Waals surface area contributed by atoms with Gasteiger partial charge in [-0.25, -0.2) is 4.39 Å². The summed E-state index contributed by atoms with van der Waals surface area (Å²) in [6.45, 7) is 0.729. The number of halogens is 1. The Kier molecular flexibility index (Phi) is 4.45. The SMILES string of the molecule is N#Cc1ccc(CS(=O)CC2CCCO2)c(F)c1. The summed E-state index contributed by atoms with van der Waals surface area (Å²) in [6, 6.07) is 6.12. The van der Waals surface area contributed by atoms with Crippen LogP contribution in [0, 0.1) is 17.1 Å². The summed E-state index contributed by atoms with van der Waals surface area (Å²) in [5, 5.41) is 8.63. The topological polar surface area (TPSA) is 50.1 Å². The average molecular weight is 267 g/mol. The summed E-state index contributed by atoms with van der Waals surface area (Å²) in [7, 11) is -1.13. The molecule has 0 aromatic heterocycles. The molecule has 2 rings (SSSR count). The third kappa shape index (κ3) is 3.37. The maximum atomic E-state index is 13.6. The quantitative estimate of drug-likeness (QED) is 0.839. The fraction of sp³-hybridized carbons (Fsp3) is 0.462. The van der Waals surface area contributed by atoms with Gasteiger partial charge in [0.05, 0.1) is 29.2 Å². The second kappa shape index (κ2) is 6.07. The van der Waals surface area contributed by atoms with Gasteiger partial charge in [-0.2, -0.15) is 5.26 Å². The number of hydrogen-bond donors (Lipinski definition) is 0. The van der Waals surface area contributed by atoms with Gasteiger partial charge in [0, 0.05) is 23.0 Å². The highest BCUT2D eigenvalue weighted by atomic mass is 32.2. The summed E-state index contributed by atoms with van der Waals surface area (Å²) in [5.74, 6) is 0.173. The summed E-state index contributed by atoms with van der Waals surface area (Å²) in [6.07, 6.45) is 1.99. The molecule has 2 unspecified atom stereocenters. The molecule has 18 heavy (non-hydrogen) atoms. The van der Waals surface area contributed by atoms with Crippen molar-refractivity contribution in [3.8, 4) is 6.07 Å². The molecule has 1 aromatic carbocycles. The fourth-order valence-electron chi connectivity index (χ4n) is 1.95. The summed E-state index contributed by atoms with van der Waals surface area (Å²) in [5.41, 5.74) is 0.673.